The summed E-state index contributed by atoms with van der Waals surface area (Å²) in [6.07, 6.45) is -1.08. The van der Waals surface area contributed by atoms with E-state index < -0.39 is 23.8 Å². The number of carbonyl (C=O) groups is 1. The molecule has 0 aliphatic carbocycles. The summed E-state index contributed by atoms with van der Waals surface area (Å²) in [5.41, 5.74) is 0.252. The minimum Gasteiger partial charge on any atom is -0.497 e. The second-order valence-corrected chi connectivity index (χ2v) is 5.08. The standard InChI is InChI=1S/C17H18F2N2O4/c1-24-11-4-6-16(25-2)12(8-11)15(22)9-20-17(23)21-14-5-3-10(18)7-13(14)19/h3-8,15,22H,9H2,1-2H3,(H2,20,21,23)/t15-/m1/s1. The average Bonchev–Trinajstić information content (AvgIpc) is 2.61. The zero-order chi connectivity index (χ0) is 18.4. The van der Waals surface area contributed by atoms with Crippen molar-refractivity contribution in [3.63, 3.8) is 0 Å². The molecule has 0 radical (unpaired) electrons. The van der Waals surface area contributed by atoms with Crippen LogP contribution in [-0.2, 0) is 0 Å². The fourth-order valence-electron chi connectivity index (χ4n) is 2.16. The van der Waals surface area contributed by atoms with E-state index in [9.17, 15) is 18.7 Å². The molecule has 6 nitrogen and oxygen atoms in total. The van der Waals surface area contributed by atoms with E-state index in [4.69, 9.17) is 9.47 Å². The van der Waals surface area contributed by atoms with Crippen LogP contribution in [-0.4, -0.2) is 31.9 Å². The van der Waals surface area contributed by atoms with Gasteiger partial charge in [-0.3, -0.25) is 0 Å². The summed E-state index contributed by atoms with van der Waals surface area (Å²) in [5, 5.41) is 14.9. The summed E-state index contributed by atoms with van der Waals surface area (Å²) in [5.74, 6) is -0.693. The van der Waals surface area contributed by atoms with Crippen LogP contribution in [0.3, 0.4) is 0 Å². The van der Waals surface area contributed by atoms with E-state index in [0.717, 1.165) is 12.1 Å². The van der Waals surface area contributed by atoms with Gasteiger partial charge in [0.15, 0.2) is 0 Å². The van der Waals surface area contributed by atoms with E-state index in [1.165, 1.54) is 14.2 Å². The lowest BCUT2D eigenvalue weighted by Gasteiger charge is -2.17. The number of benzene rings is 2. The molecule has 2 aromatic rings. The van der Waals surface area contributed by atoms with Gasteiger partial charge in [-0.2, -0.15) is 0 Å². The van der Waals surface area contributed by atoms with Gasteiger partial charge in [0.1, 0.15) is 29.2 Å². The highest BCUT2D eigenvalue weighted by molar-refractivity contribution is 5.89. The number of rotatable bonds is 6. The topological polar surface area (TPSA) is 79.8 Å². The zero-order valence-electron chi connectivity index (χ0n) is 13.7. The first-order valence-corrected chi connectivity index (χ1v) is 7.34. The third kappa shape index (κ3) is 4.80. The van der Waals surface area contributed by atoms with Gasteiger partial charge in [0, 0.05) is 18.2 Å². The van der Waals surface area contributed by atoms with Crippen LogP contribution in [0.5, 0.6) is 11.5 Å². The molecule has 0 saturated heterocycles. The molecule has 1 atom stereocenters. The van der Waals surface area contributed by atoms with E-state index in [1.807, 2.05) is 0 Å². The zero-order valence-corrected chi connectivity index (χ0v) is 13.7. The van der Waals surface area contributed by atoms with Gasteiger partial charge in [0.25, 0.3) is 0 Å². The molecule has 0 aliphatic rings. The van der Waals surface area contributed by atoms with E-state index >= 15 is 0 Å². The highest BCUT2D eigenvalue weighted by Gasteiger charge is 2.16. The highest BCUT2D eigenvalue weighted by Crippen LogP contribution is 2.29. The Morgan fingerprint density at radius 3 is 2.56 bits per heavy atom. The maximum Gasteiger partial charge on any atom is 0.319 e. The molecule has 2 amide bonds. The summed E-state index contributed by atoms with van der Waals surface area (Å²) in [7, 11) is 2.94. The van der Waals surface area contributed by atoms with E-state index in [-0.39, 0.29) is 12.2 Å². The number of urea groups is 1. The number of aliphatic hydroxyl groups excluding tert-OH is 1. The summed E-state index contributed by atoms with van der Waals surface area (Å²) >= 11 is 0. The number of ether oxygens (including phenoxy) is 2. The van der Waals surface area contributed by atoms with E-state index in [0.29, 0.717) is 23.1 Å². The summed E-state index contributed by atoms with van der Waals surface area (Å²) < 4.78 is 36.6. The van der Waals surface area contributed by atoms with Gasteiger partial charge in [-0.1, -0.05) is 0 Å². The summed E-state index contributed by atoms with van der Waals surface area (Å²) in [6, 6.07) is 6.93. The van der Waals surface area contributed by atoms with Gasteiger partial charge in [0.05, 0.1) is 19.9 Å². The monoisotopic (exact) mass is 352 g/mol. The molecular weight excluding hydrogens is 334 g/mol. The first kappa shape index (κ1) is 18.5. The fraction of sp³-hybridized carbons (Fsp3) is 0.235. The first-order valence-electron chi connectivity index (χ1n) is 7.34. The third-order valence-electron chi connectivity index (χ3n) is 3.43. The van der Waals surface area contributed by atoms with Crippen LogP contribution in [0, 0.1) is 11.6 Å². The Hall–Kier alpha value is -2.87. The maximum absolute atomic E-state index is 13.5. The van der Waals surface area contributed by atoms with Crippen LogP contribution < -0.4 is 20.1 Å². The number of carbonyl (C=O) groups excluding carboxylic acids is 1. The minimum absolute atomic E-state index is 0.155. The second-order valence-electron chi connectivity index (χ2n) is 5.08. The van der Waals surface area contributed by atoms with Crippen molar-refractivity contribution in [2.45, 2.75) is 6.10 Å². The van der Waals surface area contributed by atoms with Gasteiger partial charge in [-0.15, -0.1) is 0 Å². The molecule has 0 aromatic heterocycles. The lowest BCUT2D eigenvalue weighted by atomic mass is 10.1. The van der Waals surface area contributed by atoms with Crippen molar-refractivity contribution in [3.05, 3.63) is 53.6 Å². The Morgan fingerprint density at radius 1 is 1.16 bits per heavy atom. The van der Waals surface area contributed by atoms with Crippen LogP contribution in [0.25, 0.3) is 0 Å². The maximum atomic E-state index is 13.5. The molecule has 3 N–H and O–H groups in total. The fourth-order valence-corrected chi connectivity index (χ4v) is 2.16. The number of hydrogen-bond acceptors (Lipinski definition) is 4. The van der Waals surface area contributed by atoms with Gasteiger partial charge >= 0.3 is 6.03 Å². The number of methoxy groups -OCH3 is 2. The van der Waals surface area contributed by atoms with Crippen LogP contribution in [0.4, 0.5) is 19.3 Å². The number of amides is 2. The summed E-state index contributed by atoms with van der Waals surface area (Å²) in [4.78, 5) is 11.8. The van der Waals surface area contributed by atoms with Gasteiger partial charge in [-0.25, -0.2) is 13.6 Å². The minimum atomic E-state index is -1.08. The van der Waals surface area contributed by atoms with Crippen molar-refractivity contribution in [2.75, 3.05) is 26.1 Å². The molecular formula is C17H18F2N2O4. The SMILES string of the molecule is COc1ccc(OC)c([C@H](O)CNC(=O)Nc2ccc(F)cc2F)c1. The van der Waals surface area contributed by atoms with Crippen molar-refractivity contribution in [1.29, 1.82) is 0 Å². The van der Waals surface area contributed by atoms with E-state index in [1.54, 1.807) is 18.2 Å². The molecule has 25 heavy (non-hydrogen) atoms. The Kier molecular flexibility index (Phi) is 6.13. The molecule has 2 aromatic carbocycles. The largest absolute Gasteiger partial charge is 0.497 e. The lowest BCUT2D eigenvalue weighted by Crippen LogP contribution is -2.32. The molecule has 0 spiro atoms. The van der Waals surface area contributed by atoms with Crippen molar-refractivity contribution in [3.8, 4) is 11.5 Å². The smallest absolute Gasteiger partial charge is 0.319 e. The van der Waals surface area contributed by atoms with Crippen LogP contribution in [0.2, 0.25) is 0 Å². The van der Waals surface area contributed by atoms with Gasteiger partial charge < -0.3 is 25.2 Å². The molecule has 0 unspecified atom stereocenters. The van der Waals surface area contributed by atoms with Crippen molar-refractivity contribution < 1.29 is 28.2 Å². The summed E-state index contributed by atoms with van der Waals surface area (Å²) in [6.45, 7) is -0.155. The molecule has 134 valence electrons. The van der Waals surface area contributed by atoms with Crippen molar-refractivity contribution in [2.24, 2.45) is 0 Å². The highest BCUT2D eigenvalue weighted by atomic mass is 19.1. The van der Waals surface area contributed by atoms with Crippen LogP contribution in [0.1, 0.15) is 11.7 Å². The number of halogens is 2. The van der Waals surface area contributed by atoms with E-state index in [2.05, 4.69) is 10.6 Å². The normalized spacial score (nSPS) is 11.6. The Morgan fingerprint density at radius 2 is 1.92 bits per heavy atom. The molecule has 0 bridgehead atoms. The molecule has 0 aliphatic heterocycles. The quantitative estimate of drug-likeness (QED) is 0.747. The molecule has 8 heteroatoms. The number of anilines is 1. The van der Waals surface area contributed by atoms with Gasteiger partial charge in [0.2, 0.25) is 0 Å². The third-order valence-corrected chi connectivity index (χ3v) is 3.43. The molecule has 0 heterocycles. The Balaban J connectivity index is 1.99. The van der Waals surface area contributed by atoms with Gasteiger partial charge in [-0.05, 0) is 30.3 Å². The van der Waals surface area contributed by atoms with Crippen molar-refractivity contribution in [1.82, 2.24) is 5.32 Å². The first-order chi connectivity index (χ1) is 11.9. The second kappa shape index (κ2) is 8.29. The number of aliphatic hydroxyl groups is 1. The Bertz CT molecular complexity index is 755. The predicted molar refractivity (Wildman–Crippen MR) is 87.9 cm³/mol. The number of hydrogen-bond donors (Lipinski definition) is 3. The molecule has 2 rings (SSSR count). The number of nitrogens with one attached hydrogen (secondary N) is 2. The molecule has 0 fully saturated rings. The van der Waals surface area contributed by atoms with Crippen molar-refractivity contribution >= 4 is 11.7 Å². The van der Waals surface area contributed by atoms with Crippen LogP contribution in [0.15, 0.2) is 36.4 Å². The van der Waals surface area contributed by atoms with Crippen LogP contribution >= 0.6 is 0 Å². The predicted octanol–water partition coefficient (Wildman–Crippen LogP) is 2.84. The average molecular weight is 352 g/mol. The Labute approximate surface area is 143 Å². The molecule has 0 saturated carbocycles. The lowest BCUT2D eigenvalue weighted by molar-refractivity contribution is 0.170.